The molecule has 2 rings (SSSR count). The Bertz CT molecular complexity index is 800. The molecule has 0 unspecified atom stereocenters. The van der Waals surface area contributed by atoms with E-state index < -0.39 is 10.0 Å². The number of aryl methyl sites for hydroxylation is 1. The van der Waals surface area contributed by atoms with Crippen LogP contribution in [0.2, 0.25) is 0 Å². The fraction of sp³-hybridized carbons (Fsp3) is 0.278. The van der Waals surface area contributed by atoms with E-state index >= 15 is 0 Å². The molecule has 0 bridgehead atoms. The van der Waals surface area contributed by atoms with Crippen molar-refractivity contribution in [3.05, 3.63) is 54.1 Å². The van der Waals surface area contributed by atoms with Gasteiger partial charge in [-0.25, -0.2) is 8.42 Å². The van der Waals surface area contributed by atoms with Crippen molar-refractivity contribution < 1.29 is 13.2 Å². The van der Waals surface area contributed by atoms with E-state index in [-0.39, 0.29) is 10.8 Å². The zero-order valence-corrected chi connectivity index (χ0v) is 15.2. The highest BCUT2D eigenvalue weighted by Gasteiger charge is 2.13. The summed E-state index contributed by atoms with van der Waals surface area (Å²) in [6.45, 7) is 2.68. The van der Waals surface area contributed by atoms with E-state index in [2.05, 4.69) is 15.4 Å². The summed E-state index contributed by atoms with van der Waals surface area (Å²) in [4.78, 5) is 12.0. The van der Waals surface area contributed by atoms with Crippen LogP contribution in [0.1, 0.15) is 18.4 Å². The van der Waals surface area contributed by atoms with E-state index in [1.165, 1.54) is 0 Å². The molecule has 0 heterocycles. The number of benzene rings is 2. The standard InChI is InChI=1S/C18H23N3O3S/c1-14-5-11-17(12-6-14)25(23,24)21-16-9-7-15(8-10-16)20-18(22)4-3-13-19-2/h5-12,19,21H,3-4,13H2,1-2H3,(H,20,22). The van der Waals surface area contributed by atoms with Crippen LogP contribution in [0.5, 0.6) is 0 Å². The lowest BCUT2D eigenvalue weighted by atomic mass is 10.2. The third-order valence-corrected chi connectivity index (χ3v) is 4.98. The van der Waals surface area contributed by atoms with Crippen LogP contribution in [0.3, 0.4) is 0 Å². The molecule has 0 aliphatic rings. The molecular weight excluding hydrogens is 338 g/mol. The summed E-state index contributed by atoms with van der Waals surface area (Å²) < 4.78 is 27.2. The molecule has 3 N–H and O–H groups in total. The molecule has 134 valence electrons. The first-order valence-electron chi connectivity index (χ1n) is 8.05. The number of nitrogens with one attached hydrogen (secondary N) is 3. The Morgan fingerprint density at radius 2 is 1.56 bits per heavy atom. The van der Waals surface area contributed by atoms with Gasteiger partial charge in [-0.3, -0.25) is 9.52 Å². The summed E-state index contributed by atoms with van der Waals surface area (Å²) in [5, 5.41) is 5.77. The Labute approximate surface area is 148 Å². The first-order chi connectivity index (χ1) is 11.9. The van der Waals surface area contributed by atoms with Crippen LogP contribution in [0.15, 0.2) is 53.4 Å². The van der Waals surface area contributed by atoms with Crippen LogP contribution < -0.4 is 15.4 Å². The van der Waals surface area contributed by atoms with Gasteiger partial charge in [0.05, 0.1) is 4.90 Å². The van der Waals surface area contributed by atoms with Crippen LogP contribution in [0.25, 0.3) is 0 Å². The van der Waals surface area contributed by atoms with Crippen molar-refractivity contribution in [2.75, 3.05) is 23.6 Å². The van der Waals surface area contributed by atoms with E-state index in [1.54, 1.807) is 48.5 Å². The molecule has 0 fully saturated rings. The highest BCUT2D eigenvalue weighted by atomic mass is 32.2. The highest BCUT2D eigenvalue weighted by Crippen LogP contribution is 2.19. The summed E-state index contributed by atoms with van der Waals surface area (Å²) in [6, 6.07) is 13.2. The summed E-state index contributed by atoms with van der Waals surface area (Å²) >= 11 is 0. The number of hydrogen-bond donors (Lipinski definition) is 3. The average molecular weight is 361 g/mol. The minimum absolute atomic E-state index is 0.0664. The molecule has 0 spiro atoms. The molecule has 0 atom stereocenters. The molecule has 0 saturated heterocycles. The Balaban J connectivity index is 1.97. The maximum atomic E-state index is 12.3. The third kappa shape index (κ3) is 5.88. The lowest BCUT2D eigenvalue weighted by molar-refractivity contribution is -0.116. The van der Waals surface area contributed by atoms with Gasteiger partial charge in [-0.05, 0) is 63.3 Å². The molecule has 6 nitrogen and oxygen atoms in total. The number of carbonyl (C=O) groups excluding carboxylic acids is 1. The third-order valence-electron chi connectivity index (χ3n) is 3.58. The summed E-state index contributed by atoms with van der Waals surface area (Å²) in [7, 11) is -1.78. The molecule has 1 amide bonds. The molecule has 2 aromatic carbocycles. The van der Waals surface area contributed by atoms with Crippen molar-refractivity contribution in [2.45, 2.75) is 24.7 Å². The highest BCUT2D eigenvalue weighted by molar-refractivity contribution is 7.92. The van der Waals surface area contributed by atoms with Gasteiger partial charge in [-0.15, -0.1) is 0 Å². The minimum Gasteiger partial charge on any atom is -0.326 e. The van der Waals surface area contributed by atoms with E-state index in [1.807, 2.05) is 14.0 Å². The monoisotopic (exact) mass is 361 g/mol. The van der Waals surface area contributed by atoms with Crippen molar-refractivity contribution in [2.24, 2.45) is 0 Å². The molecule has 0 aromatic heterocycles. The van der Waals surface area contributed by atoms with Gasteiger partial charge in [-0.2, -0.15) is 0 Å². The maximum Gasteiger partial charge on any atom is 0.261 e. The number of amides is 1. The van der Waals surface area contributed by atoms with Crippen molar-refractivity contribution in [3.8, 4) is 0 Å². The molecular formula is C18H23N3O3S. The fourth-order valence-corrected chi connectivity index (χ4v) is 3.26. The summed E-state index contributed by atoms with van der Waals surface area (Å²) in [6.07, 6.45) is 1.19. The smallest absolute Gasteiger partial charge is 0.261 e. The second kappa shape index (κ2) is 8.64. The Morgan fingerprint density at radius 3 is 2.16 bits per heavy atom. The first-order valence-corrected chi connectivity index (χ1v) is 9.53. The van der Waals surface area contributed by atoms with Gasteiger partial charge in [0.25, 0.3) is 10.0 Å². The van der Waals surface area contributed by atoms with E-state index in [4.69, 9.17) is 0 Å². The van der Waals surface area contributed by atoms with Gasteiger partial charge in [0.1, 0.15) is 0 Å². The summed E-state index contributed by atoms with van der Waals surface area (Å²) in [5.74, 6) is -0.0664. The van der Waals surface area contributed by atoms with Crippen molar-refractivity contribution in [1.29, 1.82) is 0 Å². The normalized spacial score (nSPS) is 11.1. The Hall–Kier alpha value is -2.38. The maximum absolute atomic E-state index is 12.3. The molecule has 2 aromatic rings. The van der Waals surface area contributed by atoms with Gasteiger partial charge >= 0.3 is 0 Å². The van der Waals surface area contributed by atoms with Crippen LogP contribution in [0.4, 0.5) is 11.4 Å². The summed E-state index contributed by atoms with van der Waals surface area (Å²) in [5.41, 5.74) is 2.07. The van der Waals surface area contributed by atoms with E-state index in [9.17, 15) is 13.2 Å². The second-order valence-corrected chi connectivity index (χ2v) is 7.43. The SMILES string of the molecule is CNCCCC(=O)Nc1ccc(NS(=O)(=O)c2ccc(C)cc2)cc1. The minimum atomic E-state index is -3.63. The molecule has 25 heavy (non-hydrogen) atoms. The molecule has 7 heteroatoms. The lowest BCUT2D eigenvalue weighted by Gasteiger charge is -2.10. The number of hydrogen-bond acceptors (Lipinski definition) is 4. The topological polar surface area (TPSA) is 87.3 Å². The largest absolute Gasteiger partial charge is 0.326 e. The molecule has 0 saturated carbocycles. The van der Waals surface area contributed by atoms with Crippen LogP contribution in [-0.2, 0) is 14.8 Å². The molecule has 0 aliphatic heterocycles. The average Bonchev–Trinajstić information content (AvgIpc) is 2.57. The van der Waals surface area contributed by atoms with Crippen molar-refractivity contribution >= 4 is 27.3 Å². The quantitative estimate of drug-likeness (QED) is 0.631. The van der Waals surface area contributed by atoms with Gasteiger partial charge in [-0.1, -0.05) is 17.7 Å². The van der Waals surface area contributed by atoms with Gasteiger partial charge < -0.3 is 10.6 Å². The van der Waals surface area contributed by atoms with Crippen LogP contribution in [0, 0.1) is 6.92 Å². The van der Waals surface area contributed by atoms with Gasteiger partial charge in [0.2, 0.25) is 5.91 Å². The van der Waals surface area contributed by atoms with Gasteiger partial charge in [0.15, 0.2) is 0 Å². The van der Waals surface area contributed by atoms with Crippen LogP contribution in [-0.4, -0.2) is 27.9 Å². The molecule has 0 aliphatic carbocycles. The fourth-order valence-electron chi connectivity index (χ4n) is 2.20. The number of anilines is 2. The predicted molar refractivity (Wildman–Crippen MR) is 100 cm³/mol. The zero-order valence-electron chi connectivity index (χ0n) is 14.4. The van der Waals surface area contributed by atoms with Gasteiger partial charge in [0, 0.05) is 17.8 Å². The molecule has 0 radical (unpaired) electrons. The van der Waals surface area contributed by atoms with Crippen LogP contribution >= 0.6 is 0 Å². The Morgan fingerprint density at radius 1 is 0.960 bits per heavy atom. The van der Waals surface area contributed by atoms with Crippen molar-refractivity contribution in [3.63, 3.8) is 0 Å². The number of rotatable bonds is 8. The predicted octanol–water partition coefficient (Wildman–Crippen LogP) is 2.73. The number of sulfonamides is 1. The van der Waals surface area contributed by atoms with E-state index in [0.29, 0.717) is 17.8 Å². The van der Waals surface area contributed by atoms with Crippen molar-refractivity contribution in [1.82, 2.24) is 5.32 Å². The second-order valence-electron chi connectivity index (χ2n) is 5.75. The Kier molecular flexibility index (Phi) is 6.55. The van der Waals surface area contributed by atoms with E-state index in [0.717, 1.165) is 18.5 Å². The first kappa shape index (κ1) is 19.0. The zero-order chi connectivity index (χ0) is 18.3. The lowest BCUT2D eigenvalue weighted by Crippen LogP contribution is -2.15. The number of carbonyl (C=O) groups is 1.